The van der Waals surface area contributed by atoms with Crippen LogP contribution in [0.15, 0.2) is 0 Å². The van der Waals surface area contributed by atoms with E-state index in [1.807, 2.05) is 0 Å². The van der Waals surface area contributed by atoms with Crippen LogP contribution in [0, 0.1) is 17.8 Å². The van der Waals surface area contributed by atoms with E-state index in [2.05, 4.69) is 45.0 Å². The van der Waals surface area contributed by atoms with Gasteiger partial charge in [0, 0.05) is 24.7 Å². The first-order valence-electron chi connectivity index (χ1n) is 8.36. The smallest absolute Gasteiger partial charge is 0.0189 e. The molecule has 0 aliphatic heterocycles. The van der Waals surface area contributed by atoms with Gasteiger partial charge >= 0.3 is 0 Å². The molecule has 2 aliphatic carbocycles. The summed E-state index contributed by atoms with van der Waals surface area (Å²) in [5.74, 6) is 3.13. The van der Waals surface area contributed by atoms with Gasteiger partial charge in [-0.3, -0.25) is 0 Å². The largest absolute Gasteiger partial charge is 0.310 e. The highest BCUT2D eigenvalue weighted by atomic mass is 15.2. The fourth-order valence-electron chi connectivity index (χ4n) is 3.85. The third kappa shape index (κ3) is 3.95. The second-order valence-corrected chi connectivity index (χ2v) is 7.84. The summed E-state index contributed by atoms with van der Waals surface area (Å²) in [4.78, 5) is 2.59. The van der Waals surface area contributed by atoms with Gasteiger partial charge in [-0.15, -0.1) is 0 Å². The minimum Gasteiger partial charge on any atom is -0.310 e. The highest BCUT2D eigenvalue weighted by Crippen LogP contribution is 2.48. The first-order valence-corrected chi connectivity index (χ1v) is 8.36. The van der Waals surface area contributed by atoms with Gasteiger partial charge in [-0.1, -0.05) is 13.3 Å². The molecule has 2 rings (SSSR count). The molecule has 0 amide bonds. The van der Waals surface area contributed by atoms with Gasteiger partial charge in [-0.05, 0) is 71.3 Å². The quantitative estimate of drug-likeness (QED) is 0.758. The molecule has 1 N–H and O–H groups in total. The zero-order chi connectivity index (χ0) is 14.0. The maximum absolute atomic E-state index is 3.71. The zero-order valence-corrected chi connectivity index (χ0v) is 13.7. The Morgan fingerprint density at radius 1 is 1.26 bits per heavy atom. The second-order valence-electron chi connectivity index (χ2n) is 7.84. The number of fused-ring (bicyclic) bond motifs is 2. The van der Waals surface area contributed by atoms with E-state index in [-0.39, 0.29) is 5.54 Å². The van der Waals surface area contributed by atoms with Gasteiger partial charge in [-0.2, -0.15) is 0 Å². The number of nitrogens with zero attached hydrogens (tertiary/aromatic N) is 1. The molecule has 2 bridgehead atoms. The average molecular weight is 266 g/mol. The van der Waals surface area contributed by atoms with E-state index in [1.165, 1.54) is 38.6 Å². The van der Waals surface area contributed by atoms with Gasteiger partial charge in [-0.25, -0.2) is 0 Å². The molecule has 2 nitrogen and oxygen atoms in total. The van der Waals surface area contributed by atoms with E-state index < -0.39 is 0 Å². The molecule has 0 heterocycles. The van der Waals surface area contributed by atoms with Crippen molar-refractivity contribution in [1.82, 2.24) is 10.2 Å². The van der Waals surface area contributed by atoms with E-state index >= 15 is 0 Å². The van der Waals surface area contributed by atoms with Crippen molar-refractivity contribution in [3.8, 4) is 0 Å². The van der Waals surface area contributed by atoms with Gasteiger partial charge in [0.1, 0.15) is 0 Å². The second kappa shape index (κ2) is 6.13. The lowest BCUT2D eigenvalue weighted by atomic mass is 9.88. The van der Waals surface area contributed by atoms with Crippen LogP contribution in [0.3, 0.4) is 0 Å². The van der Waals surface area contributed by atoms with Crippen molar-refractivity contribution in [3.63, 3.8) is 0 Å². The summed E-state index contributed by atoms with van der Waals surface area (Å²) in [5.41, 5.74) is 0.279. The maximum Gasteiger partial charge on any atom is 0.0189 e. The highest BCUT2D eigenvalue weighted by Gasteiger charge is 2.39. The summed E-state index contributed by atoms with van der Waals surface area (Å²) in [6.45, 7) is 11.7. The van der Waals surface area contributed by atoms with Crippen LogP contribution in [0.2, 0.25) is 0 Å². The lowest BCUT2D eigenvalue weighted by Crippen LogP contribution is -2.47. The summed E-state index contributed by atoms with van der Waals surface area (Å²) in [6, 6.07) is 0.643. The Morgan fingerprint density at radius 3 is 2.53 bits per heavy atom. The molecule has 112 valence electrons. The van der Waals surface area contributed by atoms with Crippen LogP contribution in [0.25, 0.3) is 0 Å². The van der Waals surface area contributed by atoms with Gasteiger partial charge < -0.3 is 10.2 Å². The molecule has 0 spiro atoms. The van der Waals surface area contributed by atoms with E-state index in [1.54, 1.807) is 0 Å². The SMILES string of the molecule is CCC(C)(C)NCC(C)N(C)CC1CC2CCC1C2. The molecular formula is C17H34N2. The predicted octanol–water partition coefficient (Wildman–Crippen LogP) is 3.52. The van der Waals surface area contributed by atoms with Crippen LogP contribution < -0.4 is 5.32 Å². The summed E-state index contributed by atoms with van der Waals surface area (Å²) < 4.78 is 0. The third-order valence-electron chi connectivity index (χ3n) is 5.92. The number of hydrogen-bond acceptors (Lipinski definition) is 2. The van der Waals surface area contributed by atoms with E-state index in [0.717, 1.165) is 24.3 Å². The van der Waals surface area contributed by atoms with Crippen molar-refractivity contribution < 1.29 is 0 Å². The Kier molecular flexibility index (Phi) is 4.94. The summed E-state index contributed by atoms with van der Waals surface area (Å²) in [6.07, 6.45) is 7.27. The van der Waals surface area contributed by atoms with Crippen LogP contribution in [-0.2, 0) is 0 Å². The molecular weight excluding hydrogens is 232 g/mol. The molecule has 0 aromatic carbocycles. The van der Waals surface area contributed by atoms with E-state index in [4.69, 9.17) is 0 Å². The minimum atomic E-state index is 0.279. The zero-order valence-electron chi connectivity index (χ0n) is 13.7. The maximum atomic E-state index is 3.71. The third-order valence-corrected chi connectivity index (χ3v) is 5.92. The monoisotopic (exact) mass is 266 g/mol. The number of hydrogen-bond donors (Lipinski definition) is 1. The van der Waals surface area contributed by atoms with Crippen LogP contribution in [0.4, 0.5) is 0 Å². The van der Waals surface area contributed by atoms with Gasteiger partial charge in [0.05, 0.1) is 0 Å². The van der Waals surface area contributed by atoms with Crippen LogP contribution >= 0.6 is 0 Å². The molecule has 4 atom stereocenters. The van der Waals surface area contributed by atoms with E-state index in [9.17, 15) is 0 Å². The normalized spacial score (nSPS) is 32.2. The predicted molar refractivity (Wildman–Crippen MR) is 83.4 cm³/mol. The van der Waals surface area contributed by atoms with Crippen molar-refractivity contribution in [1.29, 1.82) is 0 Å². The number of rotatable bonds is 7. The van der Waals surface area contributed by atoms with Crippen molar-refractivity contribution in [2.75, 3.05) is 20.1 Å². The first kappa shape index (κ1) is 15.3. The van der Waals surface area contributed by atoms with Gasteiger partial charge in [0.2, 0.25) is 0 Å². The van der Waals surface area contributed by atoms with Crippen LogP contribution in [0.1, 0.15) is 59.8 Å². The van der Waals surface area contributed by atoms with Crippen molar-refractivity contribution >= 4 is 0 Å². The lowest BCUT2D eigenvalue weighted by molar-refractivity contribution is 0.171. The molecule has 4 unspecified atom stereocenters. The Hall–Kier alpha value is -0.0800. The molecule has 0 aromatic heterocycles. The summed E-state index contributed by atoms with van der Waals surface area (Å²) in [5, 5.41) is 3.71. The van der Waals surface area contributed by atoms with Crippen molar-refractivity contribution in [2.45, 2.75) is 71.4 Å². The average Bonchev–Trinajstić information content (AvgIpc) is 2.98. The Balaban J connectivity index is 1.72. The fourth-order valence-corrected chi connectivity index (χ4v) is 3.85. The Bertz CT molecular complexity index is 287. The topological polar surface area (TPSA) is 15.3 Å². The fraction of sp³-hybridized carbons (Fsp3) is 1.00. The molecule has 2 fully saturated rings. The standard InChI is InChI=1S/C17H34N2/c1-6-17(3,4)18-11-13(2)19(5)12-16-10-14-7-8-15(16)9-14/h13-16,18H,6-12H2,1-5H3. The Morgan fingerprint density at radius 2 is 2.00 bits per heavy atom. The van der Waals surface area contributed by atoms with Gasteiger partial charge in [0.25, 0.3) is 0 Å². The molecule has 19 heavy (non-hydrogen) atoms. The molecule has 0 aromatic rings. The number of likely N-dealkylation sites (N-methyl/N-ethyl adjacent to an activating group) is 1. The lowest BCUT2D eigenvalue weighted by Gasteiger charge is -2.34. The molecule has 2 heteroatoms. The van der Waals surface area contributed by atoms with Crippen LogP contribution in [-0.4, -0.2) is 36.6 Å². The summed E-state index contributed by atoms with van der Waals surface area (Å²) >= 11 is 0. The Labute approximate surface area is 120 Å². The van der Waals surface area contributed by atoms with Crippen LogP contribution in [0.5, 0.6) is 0 Å². The molecule has 0 saturated heterocycles. The molecule has 0 radical (unpaired) electrons. The van der Waals surface area contributed by atoms with Crippen molar-refractivity contribution in [3.05, 3.63) is 0 Å². The minimum absolute atomic E-state index is 0.279. The number of nitrogens with one attached hydrogen (secondary N) is 1. The van der Waals surface area contributed by atoms with E-state index in [0.29, 0.717) is 6.04 Å². The summed E-state index contributed by atoms with van der Waals surface area (Å²) in [7, 11) is 2.32. The molecule has 2 saturated carbocycles. The first-order chi connectivity index (χ1) is 8.91. The van der Waals surface area contributed by atoms with Gasteiger partial charge in [0.15, 0.2) is 0 Å². The highest BCUT2D eigenvalue weighted by molar-refractivity contribution is 4.91. The molecule has 2 aliphatic rings. The van der Waals surface area contributed by atoms with Crippen molar-refractivity contribution in [2.24, 2.45) is 17.8 Å².